The van der Waals surface area contributed by atoms with Crippen molar-refractivity contribution >= 4 is 31.3 Å². The van der Waals surface area contributed by atoms with E-state index in [-0.39, 0.29) is 16.4 Å². The number of nitrogens with one attached hydrogen (secondary N) is 1. The first-order valence-electron chi connectivity index (χ1n) is 8.17. The maximum atomic E-state index is 13.0. The highest BCUT2D eigenvalue weighted by molar-refractivity contribution is 7.96. The Labute approximate surface area is 159 Å². The molecule has 1 fully saturated rings. The Hall–Kier alpha value is -1.41. The second-order valence-electron chi connectivity index (χ2n) is 6.53. The van der Waals surface area contributed by atoms with Gasteiger partial charge in [-0.1, -0.05) is 35.9 Å². The van der Waals surface area contributed by atoms with Gasteiger partial charge in [0.25, 0.3) is 0 Å². The second kappa shape index (κ2) is 7.31. The van der Waals surface area contributed by atoms with Crippen molar-refractivity contribution in [1.82, 2.24) is 5.32 Å². The van der Waals surface area contributed by atoms with E-state index in [0.29, 0.717) is 11.6 Å². The van der Waals surface area contributed by atoms with Crippen LogP contribution in [0.2, 0.25) is 5.02 Å². The first kappa shape index (κ1) is 19.4. The molecule has 0 spiro atoms. The van der Waals surface area contributed by atoms with Crippen LogP contribution in [0.25, 0.3) is 0 Å². The van der Waals surface area contributed by atoms with Gasteiger partial charge >= 0.3 is 0 Å². The minimum absolute atomic E-state index is 0.0895. The molecule has 1 heterocycles. The van der Waals surface area contributed by atoms with Gasteiger partial charge < -0.3 is 5.32 Å². The van der Waals surface area contributed by atoms with Gasteiger partial charge in [0.15, 0.2) is 19.7 Å². The molecular weight excluding hydrogens is 394 g/mol. The summed E-state index contributed by atoms with van der Waals surface area (Å²) in [5.74, 6) is -0.556. The lowest BCUT2D eigenvalue weighted by molar-refractivity contribution is 0.525. The van der Waals surface area contributed by atoms with Gasteiger partial charge in [-0.05, 0) is 42.3 Å². The van der Waals surface area contributed by atoms with Crippen molar-refractivity contribution < 1.29 is 16.8 Å². The van der Waals surface area contributed by atoms with E-state index in [4.69, 9.17) is 11.6 Å². The van der Waals surface area contributed by atoms with Gasteiger partial charge in [0.1, 0.15) is 0 Å². The zero-order valence-corrected chi connectivity index (χ0v) is 16.6. The Bertz CT molecular complexity index is 1000. The lowest BCUT2D eigenvalue weighted by atomic mass is 10.1. The molecule has 0 amide bonds. The summed E-state index contributed by atoms with van der Waals surface area (Å²) in [6, 6.07) is 12.9. The highest BCUT2D eigenvalue weighted by atomic mass is 35.5. The van der Waals surface area contributed by atoms with Gasteiger partial charge in [-0.15, -0.1) is 0 Å². The molecular formula is C18H20ClNO4S2. The number of rotatable bonds is 5. The Morgan fingerprint density at radius 2 is 1.73 bits per heavy atom. The largest absolute Gasteiger partial charge is 0.308 e. The van der Waals surface area contributed by atoms with Crippen molar-refractivity contribution in [2.24, 2.45) is 0 Å². The first-order chi connectivity index (χ1) is 12.2. The molecule has 140 valence electrons. The summed E-state index contributed by atoms with van der Waals surface area (Å²) in [5.41, 5.74) is 2.08. The summed E-state index contributed by atoms with van der Waals surface area (Å²) in [4.78, 5) is 0.0895. The average molecular weight is 414 g/mol. The third kappa shape index (κ3) is 4.11. The molecule has 1 N–H and O–H groups in total. The SMILES string of the molecule is Cc1ccccc1CN[C@@H]1CS(=O)(=O)C[C@H]1S(=O)(=O)c1ccc(Cl)cc1. The number of hydrogen-bond acceptors (Lipinski definition) is 5. The van der Waals surface area contributed by atoms with Crippen molar-refractivity contribution in [2.75, 3.05) is 11.5 Å². The van der Waals surface area contributed by atoms with E-state index >= 15 is 0 Å². The van der Waals surface area contributed by atoms with Crippen LogP contribution in [-0.2, 0) is 26.2 Å². The van der Waals surface area contributed by atoms with Crippen LogP contribution in [0.1, 0.15) is 11.1 Å². The lowest BCUT2D eigenvalue weighted by Crippen LogP contribution is -2.43. The van der Waals surface area contributed by atoms with E-state index < -0.39 is 31.0 Å². The highest BCUT2D eigenvalue weighted by Gasteiger charge is 2.45. The van der Waals surface area contributed by atoms with Gasteiger partial charge in [0.05, 0.1) is 21.7 Å². The summed E-state index contributed by atoms with van der Waals surface area (Å²) >= 11 is 5.82. The Morgan fingerprint density at radius 3 is 2.38 bits per heavy atom. The number of benzene rings is 2. The topological polar surface area (TPSA) is 80.3 Å². The van der Waals surface area contributed by atoms with Crippen molar-refractivity contribution in [1.29, 1.82) is 0 Å². The molecule has 2 aromatic rings. The van der Waals surface area contributed by atoms with Crippen molar-refractivity contribution in [3.8, 4) is 0 Å². The molecule has 26 heavy (non-hydrogen) atoms. The molecule has 8 heteroatoms. The summed E-state index contributed by atoms with van der Waals surface area (Å²) in [6.07, 6.45) is 0. The Kier molecular flexibility index (Phi) is 5.44. The zero-order chi connectivity index (χ0) is 18.9. The van der Waals surface area contributed by atoms with E-state index in [1.165, 1.54) is 24.3 Å². The average Bonchev–Trinajstić information content (AvgIpc) is 2.90. The molecule has 0 radical (unpaired) electrons. The number of aryl methyl sites for hydroxylation is 1. The maximum Gasteiger partial charge on any atom is 0.183 e. The van der Waals surface area contributed by atoms with Crippen molar-refractivity contribution in [3.05, 3.63) is 64.7 Å². The molecule has 0 aliphatic carbocycles. The minimum atomic E-state index is -3.79. The summed E-state index contributed by atoms with van der Waals surface area (Å²) in [5, 5.41) is 2.56. The van der Waals surface area contributed by atoms with Gasteiger partial charge in [-0.2, -0.15) is 0 Å². The fourth-order valence-electron chi connectivity index (χ4n) is 3.16. The monoisotopic (exact) mass is 413 g/mol. The van der Waals surface area contributed by atoms with Gasteiger partial charge in [0, 0.05) is 17.6 Å². The van der Waals surface area contributed by atoms with Crippen LogP contribution in [0.5, 0.6) is 0 Å². The molecule has 1 aliphatic heterocycles. The molecule has 5 nitrogen and oxygen atoms in total. The standard InChI is InChI=1S/C18H20ClNO4S2/c1-13-4-2-3-5-14(13)10-20-17-11-25(21,22)12-18(17)26(23,24)16-8-6-15(19)7-9-16/h2-9,17-18,20H,10-12H2,1H3/t17-,18-/m1/s1. The second-order valence-corrected chi connectivity index (χ2v) is 11.3. The van der Waals surface area contributed by atoms with Gasteiger partial charge in [-0.25, -0.2) is 16.8 Å². The number of halogens is 1. The molecule has 0 bridgehead atoms. The third-order valence-corrected chi connectivity index (χ3v) is 9.08. The number of sulfone groups is 2. The summed E-state index contributed by atoms with van der Waals surface area (Å²) in [7, 11) is -7.22. The molecule has 0 aromatic heterocycles. The molecule has 2 aromatic carbocycles. The smallest absolute Gasteiger partial charge is 0.183 e. The minimum Gasteiger partial charge on any atom is -0.308 e. The molecule has 1 saturated heterocycles. The highest BCUT2D eigenvalue weighted by Crippen LogP contribution is 2.27. The fourth-order valence-corrected chi connectivity index (χ4v) is 8.00. The quantitative estimate of drug-likeness (QED) is 0.813. The maximum absolute atomic E-state index is 13.0. The molecule has 2 atom stereocenters. The Morgan fingerprint density at radius 1 is 1.08 bits per heavy atom. The summed E-state index contributed by atoms with van der Waals surface area (Å²) in [6.45, 7) is 2.38. The van der Waals surface area contributed by atoms with Gasteiger partial charge in [0.2, 0.25) is 0 Å². The fraction of sp³-hybridized carbons (Fsp3) is 0.333. The summed E-state index contributed by atoms with van der Waals surface area (Å²) < 4.78 is 50.2. The van der Waals surface area contributed by atoms with Crippen LogP contribution in [0, 0.1) is 6.92 Å². The van der Waals surface area contributed by atoms with E-state index in [1.54, 1.807) is 0 Å². The predicted octanol–water partition coefficient (Wildman–Crippen LogP) is 2.38. The van der Waals surface area contributed by atoms with Crippen LogP contribution >= 0.6 is 11.6 Å². The van der Waals surface area contributed by atoms with Crippen molar-refractivity contribution in [2.45, 2.75) is 29.7 Å². The van der Waals surface area contributed by atoms with Crippen LogP contribution < -0.4 is 5.32 Å². The van der Waals surface area contributed by atoms with E-state index in [2.05, 4.69) is 5.32 Å². The molecule has 0 saturated carbocycles. The number of hydrogen-bond donors (Lipinski definition) is 1. The van der Waals surface area contributed by atoms with Crippen molar-refractivity contribution in [3.63, 3.8) is 0 Å². The van der Waals surface area contributed by atoms with E-state index in [9.17, 15) is 16.8 Å². The van der Waals surface area contributed by atoms with E-state index in [1.807, 2.05) is 31.2 Å². The zero-order valence-electron chi connectivity index (χ0n) is 14.2. The first-order valence-corrected chi connectivity index (χ1v) is 11.9. The van der Waals surface area contributed by atoms with Crippen LogP contribution in [0.3, 0.4) is 0 Å². The normalized spacial score (nSPS) is 22.4. The lowest BCUT2D eigenvalue weighted by Gasteiger charge is -2.20. The molecule has 3 rings (SSSR count). The molecule has 0 unspecified atom stereocenters. The van der Waals surface area contributed by atoms with Crippen LogP contribution in [0.4, 0.5) is 0 Å². The van der Waals surface area contributed by atoms with Crippen LogP contribution in [0.15, 0.2) is 53.4 Å². The molecule has 1 aliphatic rings. The predicted molar refractivity (Wildman–Crippen MR) is 103 cm³/mol. The third-order valence-electron chi connectivity index (χ3n) is 4.66. The Balaban J connectivity index is 1.86. The van der Waals surface area contributed by atoms with E-state index in [0.717, 1.165) is 11.1 Å². The van der Waals surface area contributed by atoms with Gasteiger partial charge in [-0.3, -0.25) is 0 Å². The van der Waals surface area contributed by atoms with Crippen LogP contribution in [-0.4, -0.2) is 39.6 Å².